The number of H-pyrrole nitrogens is 1. The summed E-state index contributed by atoms with van der Waals surface area (Å²) in [7, 11) is 0. The number of ether oxygens (including phenoxy) is 1. The fourth-order valence-electron chi connectivity index (χ4n) is 3.08. The monoisotopic (exact) mass is 340 g/mol. The Morgan fingerprint density at radius 2 is 2.28 bits per heavy atom. The van der Waals surface area contributed by atoms with E-state index in [9.17, 15) is 4.79 Å². The normalized spacial score (nSPS) is 18.0. The zero-order chi connectivity index (χ0) is 17.2. The van der Waals surface area contributed by atoms with Gasteiger partial charge >= 0.3 is 0 Å². The molecular formula is C17H20N6O2. The molecule has 4 rings (SSSR count). The van der Waals surface area contributed by atoms with Gasteiger partial charge < -0.3 is 14.6 Å². The van der Waals surface area contributed by atoms with E-state index in [4.69, 9.17) is 4.74 Å². The highest BCUT2D eigenvalue weighted by Gasteiger charge is 2.27. The number of morpholine rings is 1. The third-order valence-corrected chi connectivity index (χ3v) is 4.40. The highest BCUT2D eigenvalue weighted by molar-refractivity contribution is 5.77. The van der Waals surface area contributed by atoms with Gasteiger partial charge in [-0.3, -0.25) is 4.79 Å². The van der Waals surface area contributed by atoms with Crippen molar-refractivity contribution < 1.29 is 9.53 Å². The maximum Gasteiger partial charge on any atom is 0.224 e. The van der Waals surface area contributed by atoms with Gasteiger partial charge in [0.1, 0.15) is 17.4 Å². The van der Waals surface area contributed by atoms with Gasteiger partial charge in [0.15, 0.2) is 0 Å². The standard InChI is InChI=1S/C17H20N6O2/c1-12-10-18-17(19-12)15-11-22(8-9-25-15)16(24)6-7-23-14-5-3-2-4-13(14)20-21-23/h2-5,10,15H,6-9,11H2,1H3,(H,18,19)/t15-/m0/s1. The number of aryl methyl sites for hydroxylation is 2. The Hall–Kier alpha value is -2.74. The van der Waals surface area contributed by atoms with Crippen LogP contribution in [0.2, 0.25) is 0 Å². The molecule has 0 aliphatic carbocycles. The molecule has 1 N–H and O–H groups in total. The topological polar surface area (TPSA) is 88.9 Å². The summed E-state index contributed by atoms with van der Waals surface area (Å²) >= 11 is 0. The first-order chi connectivity index (χ1) is 12.2. The average molecular weight is 340 g/mol. The number of amides is 1. The van der Waals surface area contributed by atoms with E-state index in [1.54, 1.807) is 10.9 Å². The van der Waals surface area contributed by atoms with E-state index >= 15 is 0 Å². The van der Waals surface area contributed by atoms with Crippen LogP contribution in [-0.2, 0) is 16.1 Å². The van der Waals surface area contributed by atoms with Gasteiger partial charge in [0, 0.05) is 24.9 Å². The van der Waals surface area contributed by atoms with Crippen LogP contribution in [0.1, 0.15) is 24.0 Å². The Kier molecular flexibility index (Phi) is 4.19. The van der Waals surface area contributed by atoms with Crippen molar-refractivity contribution in [2.75, 3.05) is 19.7 Å². The van der Waals surface area contributed by atoms with Crippen LogP contribution in [-0.4, -0.2) is 55.5 Å². The first kappa shape index (κ1) is 15.8. The predicted molar refractivity (Wildman–Crippen MR) is 90.7 cm³/mol. The third kappa shape index (κ3) is 3.25. The minimum absolute atomic E-state index is 0.0937. The Labute approximate surface area is 144 Å². The minimum atomic E-state index is -0.196. The molecule has 0 bridgehead atoms. The molecule has 2 aromatic heterocycles. The molecule has 0 radical (unpaired) electrons. The van der Waals surface area contributed by atoms with Gasteiger partial charge in [-0.05, 0) is 19.1 Å². The molecule has 1 fully saturated rings. The molecule has 8 heteroatoms. The fraction of sp³-hybridized carbons (Fsp3) is 0.412. The number of para-hydroxylation sites is 1. The number of nitrogens with one attached hydrogen (secondary N) is 1. The first-order valence-electron chi connectivity index (χ1n) is 8.40. The van der Waals surface area contributed by atoms with Crippen LogP contribution in [0, 0.1) is 6.92 Å². The van der Waals surface area contributed by atoms with E-state index in [1.807, 2.05) is 36.1 Å². The number of nitrogens with zero attached hydrogens (tertiary/aromatic N) is 5. The summed E-state index contributed by atoms with van der Waals surface area (Å²) in [6.45, 7) is 4.10. The van der Waals surface area contributed by atoms with Gasteiger partial charge in [-0.1, -0.05) is 17.3 Å². The second-order valence-corrected chi connectivity index (χ2v) is 6.20. The van der Waals surface area contributed by atoms with Crippen molar-refractivity contribution in [3.8, 4) is 0 Å². The highest BCUT2D eigenvalue weighted by atomic mass is 16.5. The number of aromatic amines is 1. The molecule has 1 atom stereocenters. The molecule has 1 amide bonds. The number of carbonyl (C=O) groups is 1. The zero-order valence-electron chi connectivity index (χ0n) is 14.1. The van der Waals surface area contributed by atoms with Crippen molar-refractivity contribution >= 4 is 16.9 Å². The minimum Gasteiger partial charge on any atom is -0.367 e. The van der Waals surface area contributed by atoms with Crippen LogP contribution in [0.25, 0.3) is 11.0 Å². The molecule has 3 aromatic rings. The number of hydrogen-bond acceptors (Lipinski definition) is 5. The summed E-state index contributed by atoms with van der Waals surface area (Å²) in [5.41, 5.74) is 2.77. The van der Waals surface area contributed by atoms with E-state index in [0.29, 0.717) is 32.7 Å². The first-order valence-corrected chi connectivity index (χ1v) is 8.40. The number of benzene rings is 1. The van der Waals surface area contributed by atoms with Crippen molar-refractivity contribution in [3.05, 3.63) is 42.0 Å². The van der Waals surface area contributed by atoms with E-state index < -0.39 is 0 Å². The lowest BCUT2D eigenvalue weighted by Crippen LogP contribution is -2.42. The summed E-state index contributed by atoms with van der Waals surface area (Å²) in [6, 6.07) is 7.75. The van der Waals surface area contributed by atoms with Gasteiger partial charge in [0.05, 0.1) is 25.2 Å². The van der Waals surface area contributed by atoms with Crippen LogP contribution >= 0.6 is 0 Å². The molecule has 0 unspecified atom stereocenters. The second kappa shape index (κ2) is 6.64. The molecule has 1 saturated heterocycles. The molecule has 0 spiro atoms. The Bertz CT molecular complexity index is 886. The number of aromatic nitrogens is 5. The molecule has 1 aliphatic heterocycles. The molecular weight excluding hydrogens is 320 g/mol. The lowest BCUT2D eigenvalue weighted by Gasteiger charge is -2.32. The van der Waals surface area contributed by atoms with Crippen molar-refractivity contribution in [1.29, 1.82) is 0 Å². The lowest BCUT2D eigenvalue weighted by molar-refractivity contribution is -0.139. The third-order valence-electron chi connectivity index (χ3n) is 4.40. The van der Waals surface area contributed by atoms with Gasteiger partial charge in [-0.15, -0.1) is 5.10 Å². The van der Waals surface area contributed by atoms with Crippen LogP contribution in [0.3, 0.4) is 0 Å². The number of imidazole rings is 1. The summed E-state index contributed by atoms with van der Waals surface area (Å²) in [5, 5.41) is 8.25. The summed E-state index contributed by atoms with van der Waals surface area (Å²) in [6.07, 6.45) is 1.96. The highest BCUT2D eigenvalue weighted by Crippen LogP contribution is 2.20. The number of hydrogen-bond donors (Lipinski definition) is 1. The number of rotatable bonds is 4. The number of carbonyl (C=O) groups excluding carboxylic acids is 1. The van der Waals surface area contributed by atoms with E-state index in [0.717, 1.165) is 22.6 Å². The molecule has 3 heterocycles. The van der Waals surface area contributed by atoms with E-state index in [2.05, 4.69) is 20.3 Å². The SMILES string of the molecule is Cc1cnc([C@@H]2CN(C(=O)CCn3nnc4ccccc43)CCO2)[nH]1. The zero-order valence-corrected chi connectivity index (χ0v) is 14.1. The predicted octanol–water partition coefficient (Wildman–Crippen LogP) is 1.45. The number of fused-ring (bicyclic) bond motifs is 1. The maximum absolute atomic E-state index is 12.6. The molecule has 25 heavy (non-hydrogen) atoms. The Morgan fingerprint density at radius 3 is 3.12 bits per heavy atom. The van der Waals surface area contributed by atoms with Crippen LogP contribution < -0.4 is 0 Å². The molecule has 0 saturated carbocycles. The van der Waals surface area contributed by atoms with E-state index in [-0.39, 0.29) is 12.0 Å². The van der Waals surface area contributed by atoms with Gasteiger partial charge in [-0.25, -0.2) is 9.67 Å². The molecule has 130 valence electrons. The van der Waals surface area contributed by atoms with E-state index in [1.165, 1.54) is 0 Å². The maximum atomic E-state index is 12.6. The van der Waals surface area contributed by atoms with Crippen molar-refractivity contribution in [3.63, 3.8) is 0 Å². The smallest absolute Gasteiger partial charge is 0.224 e. The molecule has 8 nitrogen and oxygen atoms in total. The van der Waals surface area contributed by atoms with Crippen LogP contribution in [0.15, 0.2) is 30.5 Å². The van der Waals surface area contributed by atoms with Crippen LogP contribution in [0.4, 0.5) is 0 Å². The Balaban J connectivity index is 1.39. The van der Waals surface area contributed by atoms with Crippen molar-refractivity contribution in [2.24, 2.45) is 0 Å². The Morgan fingerprint density at radius 1 is 1.40 bits per heavy atom. The summed E-state index contributed by atoms with van der Waals surface area (Å²) < 4.78 is 7.53. The summed E-state index contributed by atoms with van der Waals surface area (Å²) in [5.74, 6) is 0.869. The van der Waals surface area contributed by atoms with Gasteiger partial charge in [0.2, 0.25) is 5.91 Å². The van der Waals surface area contributed by atoms with Crippen molar-refractivity contribution in [1.82, 2.24) is 29.9 Å². The quantitative estimate of drug-likeness (QED) is 0.776. The average Bonchev–Trinajstić information content (AvgIpc) is 3.26. The van der Waals surface area contributed by atoms with Crippen LogP contribution in [0.5, 0.6) is 0 Å². The van der Waals surface area contributed by atoms with Gasteiger partial charge in [-0.2, -0.15) is 0 Å². The fourth-order valence-corrected chi connectivity index (χ4v) is 3.08. The van der Waals surface area contributed by atoms with Crippen molar-refractivity contribution in [2.45, 2.75) is 26.0 Å². The lowest BCUT2D eigenvalue weighted by atomic mass is 10.2. The second-order valence-electron chi connectivity index (χ2n) is 6.20. The molecule has 1 aliphatic rings. The van der Waals surface area contributed by atoms with Gasteiger partial charge in [0.25, 0.3) is 0 Å². The molecule has 1 aromatic carbocycles. The largest absolute Gasteiger partial charge is 0.367 e. The summed E-state index contributed by atoms with van der Waals surface area (Å²) in [4.78, 5) is 21.9.